The van der Waals surface area contributed by atoms with E-state index < -0.39 is 16.9 Å². The molecule has 8 nitrogen and oxygen atoms in total. The summed E-state index contributed by atoms with van der Waals surface area (Å²) in [5, 5.41) is 11.3. The zero-order valence-corrected chi connectivity index (χ0v) is 17.2. The number of carbonyl (C=O) groups is 2. The molecule has 0 unspecified atom stereocenters. The lowest BCUT2D eigenvalue weighted by molar-refractivity contribution is -0.384. The lowest BCUT2D eigenvalue weighted by atomic mass is 9.92. The number of carbonyl (C=O) groups excluding carboxylic acids is 2. The van der Waals surface area contributed by atoms with Gasteiger partial charge in [-0.3, -0.25) is 15.1 Å². The van der Waals surface area contributed by atoms with E-state index in [1.165, 1.54) is 30.4 Å². The van der Waals surface area contributed by atoms with E-state index in [0.717, 1.165) is 0 Å². The number of nitro groups is 1. The van der Waals surface area contributed by atoms with E-state index in [4.69, 9.17) is 21.1 Å². The second kappa shape index (κ2) is 9.80. The van der Waals surface area contributed by atoms with Crippen molar-refractivity contribution in [2.45, 2.75) is 13.8 Å². The van der Waals surface area contributed by atoms with E-state index in [1.54, 1.807) is 13.8 Å². The standard InChI is InChI=1S/C21H19ClN2O6/c1-5-9-29-20(25)17-12(3)23-13(4)18(21(26)30-10-6-2)19(17)14-7-8-15(22)16(11-14)24(27)28/h5-8,11H,1-2,9-10H2,3-4H3. The molecule has 0 aliphatic carbocycles. The van der Waals surface area contributed by atoms with Crippen LogP contribution < -0.4 is 0 Å². The number of aryl methyl sites for hydroxylation is 2. The van der Waals surface area contributed by atoms with E-state index >= 15 is 0 Å². The summed E-state index contributed by atoms with van der Waals surface area (Å²) in [6, 6.07) is 3.97. The van der Waals surface area contributed by atoms with Gasteiger partial charge in [0.05, 0.1) is 27.4 Å². The smallest absolute Gasteiger partial charge is 0.340 e. The van der Waals surface area contributed by atoms with Crippen molar-refractivity contribution < 1.29 is 24.0 Å². The van der Waals surface area contributed by atoms with Crippen molar-refractivity contribution in [3.8, 4) is 11.1 Å². The predicted molar refractivity (Wildman–Crippen MR) is 112 cm³/mol. The second-order valence-corrected chi connectivity index (χ2v) is 6.51. The summed E-state index contributed by atoms with van der Waals surface area (Å²) in [4.78, 5) is 40.5. The van der Waals surface area contributed by atoms with Gasteiger partial charge in [-0.05, 0) is 25.5 Å². The van der Waals surface area contributed by atoms with Crippen LogP contribution in [0.2, 0.25) is 5.02 Å². The normalized spacial score (nSPS) is 10.2. The van der Waals surface area contributed by atoms with E-state index in [2.05, 4.69) is 18.1 Å². The molecule has 2 aromatic rings. The predicted octanol–water partition coefficient (Wildman–Crippen LogP) is 4.61. The number of halogens is 1. The third kappa shape index (κ3) is 4.72. The quantitative estimate of drug-likeness (QED) is 0.260. The number of aromatic nitrogens is 1. The maximum atomic E-state index is 12.8. The van der Waals surface area contributed by atoms with Crippen LogP contribution in [0.25, 0.3) is 11.1 Å². The molecule has 1 aromatic heterocycles. The van der Waals surface area contributed by atoms with Gasteiger partial charge in [0.15, 0.2) is 0 Å². The number of benzene rings is 1. The Kier molecular flexibility index (Phi) is 7.43. The van der Waals surface area contributed by atoms with Crippen LogP contribution in [-0.2, 0) is 9.47 Å². The van der Waals surface area contributed by atoms with Crippen LogP contribution >= 0.6 is 11.6 Å². The summed E-state index contributed by atoms with van der Waals surface area (Å²) in [7, 11) is 0. The first-order valence-corrected chi connectivity index (χ1v) is 9.12. The monoisotopic (exact) mass is 430 g/mol. The fourth-order valence-electron chi connectivity index (χ4n) is 2.86. The number of hydrogen-bond acceptors (Lipinski definition) is 7. The fourth-order valence-corrected chi connectivity index (χ4v) is 3.05. The van der Waals surface area contributed by atoms with Crippen molar-refractivity contribution in [1.82, 2.24) is 4.98 Å². The van der Waals surface area contributed by atoms with Crippen molar-refractivity contribution in [3.63, 3.8) is 0 Å². The maximum absolute atomic E-state index is 12.8. The molecular formula is C21H19ClN2O6. The lowest BCUT2D eigenvalue weighted by Gasteiger charge is -2.17. The molecule has 1 aromatic carbocycles. The highest BCUT2D eigenvalue weighted by atomic mass is 35.5. The number of nitro benzene ring substituents is 1. The van der Waals surface area contributed by atoms with Crippen molar-refractivity contribution in [2.75, 3.05) is 13.2 Å². The molecule has 156 valence electrons. The van der Waals surface area contributed by atoms with Crippen LogP contribution in [0, 0.1) is 24.0 Å². The van der Waals surface area contributed by atoms with Gasteiger partial charge in [0.2, 0.25) is 0 Å². The van der Waals surface area contributed by atoms with E-state index in [-0.39, 0.29) is 57.6 Å². The minimum Gasteiger partial charge on any atom is -0.458 e. The van der Waals surface area contributed by atoms with Crippen LogP contribution in [0.5, 0.6) is 0 Å². The third-order valence-electron chi connectivity index (χ3n) is 4.06. The molecular weight excluding hydrogens is 412 g/mol. The van der Waals surface area contributed by atoms with Crippen LogP contribution in [0.3, 0.4) is 0 Å². The number of hydrogen-bond donors (Lipinski definition) is 0. The topological polar surface area (TPSA) is 109 Å². The molecule has 0 aliphatic rings. The minimum absolute atomic E-state index is 0.00961. The molecule has 0 amide bonds. The number of pyridine rings is 1. The molecule has 2 rings (SSSR count). The molecule has 0 fully saturated rings. The summed E-state index contributed by atoms with van der Waals surface area (Å²) < 4.78 is 10.3. The van der Waals surface area contributed by atoms with Crippen LogP contribution in [0.15, 0.2) is 43.5 Å². The highest BCUT2D eigenvalue weighted by molar-refractivity contribution is 6.32. The van der Waals surface area contributed by atoms with E-state index in [1.807, 2.05) is 0 Å². The Hall–Kier alpha value is -3.52. The first kappa shape index (κ1) is 22.8. The zero-order valence-electron chi connectivity index (χ0n) is 16.4. The largest absolute Gasteiger partial charge is 0.458 e. The third-order valence-corrected chi connectivity index (χ3v) is 4.38. The SMILES string of the molecule is C=CCOC(=O)c1c(C)nc(C)c(C(=O)OCC=C)c1-c1ccc(Cl)c([N+](=O)[O-])c1. The molecule has 0 saturated carbocycles. The summed E-state index contributed by atoms with van der Waals surface area (Å²) >= 11 is 5.92. The van der Waals surface area contributed by atoms with Crippen molar-refractivity contribution in [3.05, 3.63) is 81.2 Å². The molecule has 0 atom stereocenters. The van der Waals surface area contributed by atoms with Gasteiger partial charge in [-0.1, -0.05) is 43.0 Å². The number of esters is 2. The van der Waals surface area contributed by atoms with Gasteiger partial charge in [0.1, 0.15) is 18.2 Å². The molecule has 9 heteroatoms. The number of rotatable bonds is 8. The second-order valence-electron chi connectivity index (χ2n) is 6.11. The van der Waals surface area contributed by atoms with Gasteiger partial charge >= 0.3 is 11.9 Å². The van der Waals surface area contributed by atoms with E-state index in [0.29, 0.717) is 0 Å². The Bertz CT molecular complexity index is 1000. The van der Waals surface area contributed by atoms with Gasteiger partial charge in [-0.25, -0.2) is 9.59 Å². The lowest BCUT2D eigenvalue weighted by Crippen LogP contribution is -2.17. The van der Waals surface area contributed by atoms with Crippen LogP contribution in [0.1, 0.15) is 32.1 Å². The molecule has 0 bridgehead atoms. The average molecular weight is 431 g/mol. The molecule has 0 N–H and O–H groups in total. The Morgan fingerprint density at radius 1 is 1.10 bits per heavy atom. The Balaban J connectivity index is 2.87. The first-order chi connectivity index (χ1) is 14.2. The van der Waals surface area contributed by atoms with Crippen LogP contribution in [0.4, 0.5) is 5.69 Å². The van der Waals surface area contributed by atoms with Gasteiger partial charge in [0, 0.05) is 11.6 Å². The van der Waals surface area contributed by atoms with Crippen molar-refractivity contribution in [1.29, 1.82) is 0 Å². The number of nitrogens with zero attached hydrogens (tertiary/aromatic N) is 2. The molecule has 0 radical (unpaired) electrons. The Morgan fingerprint density at radius 3 is 2.03 bits per heavy atom. The van der Waals surface area contributed by atoms with Gasteiger partial charge < -0.3 is 9.47 Å². The van der Waals surface area contributed by atoms with E-state index in [9.17, 15) is 19.7 Å². The molecule has 0 aliphatic heterocycles. The highest BCUT2D eigenvalue weighted by Gasteiger charge is 2.29. The van der Waals surface area contributed by atoms with Gasteiger partial charge in [0.25, 0.3) is 5.69 Å². The molecule has 1 heterocycles. The maximum Gasteiger partial charge on any atom is 0.340 e. The summed E-state index contributed by atoms with van der Waals surface area (Å²) in [5.74, 6) is -1.52. The molecule has 0 saturated heterocycles. The van der Waals surface area contributed by atoms with Gasteiger partial charge in [-0.15, -0.1) is 0 Å². The summed E-state index contributed by atoms with van der Waals surface area (Å²) in [6.45, 7) is 10.0. The summed E-state index contributed by atoms with van der Waals surface area (Å²) in [6.07, 6.45) is 2.78. The fraction of sp³-hybridized carbons (Fsp3) is 0.190. The Labute approximate surface area is 177 Å². The first-order valence-electron chi connectivity index (χ1n) is 8.74. The van der Waals surface area contributed by atoms with Crippen molar-refractivity contribution in [2.24, 2.45) is 0 Å². The highest BCUT2D eigenvalue weighted by Crippen LogP contribution is 2.36. The average Bonchev–Trinajstić information content (AvgIpc) is 2.69. The number of ether oxygens (including phenoxy) is 2. The molecule has 30 heavy (non-hydrogen) atoms. The zero-order chi connectivity index (χ0) is 22.4. The molecule has 0 spiro atoms. The summed E-state index contributed by atoms with van der Waals surface area (Å²) in [5.41, 5.74) is 0.508. The Morgan fingerprint density at radius 2 is 1.60 bits per heavy atom. The van der Waals surface area contributed by atoms with Crippen LogP contribution in [-0.4, -0.2) is 35.1 Å². The minimum atomic E-state index is -0.759. The van der Waals surface area contributed by atoms with Gasteiger partial charge in [-0.2, -0.15) is 0 Å². The van der Waals surface area contributed by atoms with Crippen molar-refractivity contribution >= 4 is 29.2 Å².